The third kappa shape index (κ3) is 5.71. The Morgan fingerprint density at radius 2 is 2.11 bits per heavy atom. The Hall–Kier alpha value is -0.770. The quantitative estimate of drug-likeness (QED) is 0.749. The first-order valence-corrected chi connectivity index (χ1v) is 6.64. The fraction of sp³-hybridized carbons (Fsp3) is 0.571. The first-order chi connectivity index (χ1) is 8.42. The van der Waals surface area contributed by atoms with Crippen LogP contribution in [0.5, 0.6) is 5.75 Å². The Kier molecular flexibility index (Phi) is 5.93. The molecule has 18 heavy (non-hydrogen) atoms. The SMILES string of the molecule is CCCNCc1ccc(OCC(C)(C)O)c(Cl)c1. The van der Waals surface area contributed by atoms with Gasteiger partial charge in [-0.2, -0.15) is 0 Å². The van der Waals surface area contributed by atoms with E-state index in [2.05, 4.69) is 12.2 Å². The van der Waals surface area contributed by atoms with Gasteiger partial charge in [0, 0.05) is 6.54 Å². The zero-order valence-corrected chi connectivity index (χ0v) is 12.0. The van der Waals surface area contributed by atoms with Gasteiger partial charge in [0.05, 0.1) is 10.6 Å². The van der Waals surface area contributed by atoms with E-state index in [-0.39, 0.29) is 6.61 Å². The molecule has 0 spiro atoms. The summed E-state index contributed by atoms with van der Waals surface area (Å²) in [5.41, 5.74) is 0.272. The maximum absolute atomic E-state index is 9.59. The van der Waals surface area contributed by atoms with E-state index in [0.29, 0.717) is 10.8 Å². The minimum Gasteiger partial charge on any atom is -0.489 e. The summed E-state index contributed by atoms with van der Waals surface area (Å²) >= 11 is 6.14. The summed E-state index contributed by atoms with van der Waals surface area (Å²) in [6.45, 7) is 7.55. The summed E-state index contributed by atoms with van der Waals surface area (Å²) < 4.78 is 5.48. The molecule has 1 aromatic carbocycles. The van der Waals surface area contributed by atoms with Gasteiger partial charge in [-0.3, -0.25) is 0 Å². The zero-order chi connectivity index (χ0) is 13.6. The Morgan fingerprint density at radius 1 is 1.39 bits per heavy atom. The number of aliphatic hydroxyl groups is 1. The molecule has 0 bridgehead atoms. The second kappa shape index (κ2) is 6.98. The Bertz CT molecular complexity index is 375. The lowest BCUT2D eigenvalue weighted by molar-refractivity contribution is 0.0285. The molecule has 3 nitrogen and oxygen atoms in total. The predicted octanol–water partition coefficient (Wildman–Crippen LogP) is 2.99. The lowest BCUT2D eigenvalue weighted by Crippen LogP contribution is -2.27. The summed E-state index contributed by atoms with van der Waals surface area (Å²) in [4.78, 5) is 0. The summed E-state index contributed by atoms with van der Waals surface area (Å²) in [6, 6.07) is 5.72. The molecule has 0 atom stereocenters. The standard InChI is InChI=1S/C14H22ClNO2/c1-4-7-16-9-11-5-6-13(12(15)8-11)18-10-14(2,3)17/h5-6,8,16-17H,4,7,9-10H2,1-3H3. The fourth-order valence-electron chi connectivity index (χ4n) is 1.44. The molecule has 0 saturated heterocycles. The number of benzene rings is 1. The highest BCUT2D eigenvalue weighted by atomic mass is 35.5. The molecular weight excluding hydrogens is 250 g/mol. The highest BCUT2D eigenvalue weighted by Gasteiger charge is 2.14. The molecule has 1 rings (SSSR count). The van der Waals surface area contributed by atoms with Gasteiger partial charge in [0.25, 0.3) is 0 Å². The number of hydrogen-bond acceptors (Lipinski definition) is 3. The van der Waals surface area contributed by atoms with E-state index in [1.165, 1.54) is 0 Å². The van der Waals surface area contributed by atoms with Gasteiger partial charge >= 0.3 is 0 Å². The molecule has 0 amide bonds. The molecule has 0 fully saturated rings. The monoisotopic (exact) mass is 271 g/mol. The van der Waals surface area contributed by atoms with Crippen molar-refractivity contribution in [3.05, 3.63) is 28.8 Å². The van der Waals surface area contributed by atoms with Crippen LogP contribution in [0.1, 0.15) is 32.8 Å². The molecule has 0 aliphatic heterocycles. The van der Waals surface area contributed by atoms with E-state index in [0.717, 1.165) is 25.1 Å². The summed E-state index contributed by atoms with van der Waals surface area (Å²) in [6.07, 6.45) is 1.11. The Balaban J connectivity index is 2.56. The topological polar surface area (TPSA) is 41.5 Å². The number of rotatable bonds is 7. The van der Waals surface area contributed by atoms with Gasteiger partial charge in [-0.1, -0.05) is 24.6 Å². The lowest BCUT2D eigenvalue weighted by Gasteiger charge is -2.18. The van der Waals surface area contributed by atoms with E-state index < -0.39 is 5.60 Å². The maximum atomic E-state index is 9.59. The molecule has 0 aliphatic rings. The van der Waals surface area contributed by atoms with Crippen molar-refractivity contribution in [2.45, 2.75) is 39.3 Å². The smallest absolute Gasteiger partial charge is 0.138 e. The van der Waals surface area contributed by atoms with Crippen LogP contribution in [0, 0.1) is 0 Å². The van der Waals surface area contributed by atoms with Crippen LogP contribution in [0.3, 0.4) is 0 Å². The van der Waals surface area contributed by atoms with E-state index >= 15 is 0 Å². The van der Waals surface area contributed by atoms with Crippen LogP contribution in [-0.4, -0.2) is 23.9 Å². The third-order valence-corrected chi connectivity index (χ3v) is 2.63. The molecular formula is C14H22ClNO2. The first-order valence-electron chi connectivity index (χ1n) is 6.26. The number of ether oxygens (including phenoxy) is 1. The molecule has 0 radical (unpaired) electrons. The van der Waals surface area contributed by atoms with Gasteiger partial charge < -0.3 is 15.2 Å². The molecule has 1 aromatic rings. The van der Waals surface area contributed by atoms with Crippen LogP contribution in [-0.2, 0) is 6.54 Å². The minimum absolute atomic E-state index is 0.222. The number of hydrogen-bond donors (Lipinski definition) is 2. The molecule has 0 aliphatic carbocycles. The molecule has 0 aromatic heterocycles. The van der Waals surface area contributed by atoms with Gasteiger partial charge in [-0.25, -0.2) is 0 Å². The van der Waals surface area contributed by atoms with E-state index in [9.17, 15) is 5.11 Å². The summed E-state index contributed by atoms with van der Waals surface area (Å²) in [5.74, 6) is 0.609. The van der Waals surface area contributed by atoms with Crippen molar-refractivity contribution < 1.29 is 9.84 Å². The van der Waals surface area contributed by atoms with Gasteiger partial charge in [0.1, 0.15) is 12.4 Å². The van der Waals surface area contributed by atoms with Crippen LogP contribution in [0.2, 0.25) is 5.02 Å². The van der Waals surface area contributed by atoms with Crippen LogP contribution >= 0.6 is 11.6 Å². The second-order valence-electron chi connectivity index (χ2n) is 5.04. The van der Waals surface area contributed by atoms with Crippen LogP contribution in [0.4, 0.5) is 0 Å². The summed E-state index contributed by atoms with van der Waals surface area (Å²) in [5, 5.41) is 13.5. The average molecular weight is 272 g/mol. The Labute approximate surface area is 114 Å². The zero-order valence-electron chi connectivity index (χ0n) is 11.3. The number of halogens is 1. The van der Waals surface area contributed by atoms with Crippen molar-refractivity contribution in [3.8, 4) is 5.75 Å². The highest BCUT2D eigenvalue weighted by molar-refractivity contribution is 6.32. The minimum atomic E-state index is -0.856. The van der Waals surface area contributed by atoms with Gasteiger partial charge in [-0.05, 0) is 44.5 Å². The van der Waals surface area contributed by atoms with Crippen molar-refractivity contribution in [3.63, 3.8) is 0 Å². The summed E-state index contributed by atoms with van der Waals surface area (Å²) in [7, 11) is 0. The van der Waals surface area contributed by atoms with Gasteiger partial charge in [0.2, 0.25) is 0 Å². The average Bonchev–Trinajstić information content (AvgIpc) is 2.27. The van der Waals surface area contributed by atoms with Crippen molar-refractivity contribution >= 4 is 11.6 Å². The van der Waals surface area contributed by atoms with Crippen molar-refractivity contribution in [1.29, 1.82) is 0 Å². The van der Waals surface area contributed by atoms with E-state index in [1.54, 1.807) is 13.8 Å². The maximum Gasteiger partial charge on any atom is 0.138 e. The third-order valence-electron chi connectivity index (χ3n) is 2.33. The van der Waals surface area contributed by atoms with Crippen molar-refractivity contribution in [1.82, 2.24) is 5.32 Å². The predicted molar refractivity (Wildman–Crippen MR) is 75.2 cm³/mol. The Morgan fingerprint density at radius 3 is 2.67 bits per heavy atom. The number of nitrogens with one attached hydrogen (secondary N) is 1. The molecule has 4 heteroatoms. The lowest BCUT2D eigenvalue weighted by atomic mass is 10.1. The highest BCUT2D eigenvalue weighted by Crippen LogP contribution is 2.26. The molecule has 2 N–H and O–H groups in total. The normalized spacial score (nSPS) is 11.6. The molecule has 102 valence electrons. The molecule has 0 unspecified atom stereocenters. The van der Waals surface area contributed by atoms with Gasteiger partial charge in [-0.15, -0.1) is 0 Å². The molecule has 0 heterocycles. The van der Waals surface area contributed by atoms with Crippen LogP contribution < -0.4 is 10.1 Å². The van der Waals surface area contributed by atoms with E-state index in [4.69, 9.17) is 16.3 Å². The van der Waals surface area contributed by atoms with Crippen molar-refractivity contribution in [2.75, 3.05) is 13.2 Å². The molecule has 0 saturated carbocycles. The van der Waals surface area contributed by atoms with Crippen molar-refractivity contribution in [2.24, 2.45) is 0 Å². The van der Waals surface area contributed by atoms with E-state index in [1.807, 2.05) is 18.2 Å². The van der Waals surface area contributed by atoms with Gasteiger partial charge in [0.15, 0.2) is 0 Å². The van der Waals surface area contributed by atoms with Crippen LogP contribution in [0.25, 0.3) is 0 Å². The fourth-order valence-corrected chi connectivity index (χ4v) is 1.69. The second-order valence-corrected chi connectivity index (χ2v) is 5.45. The largest absolute Gasteiger partial charge is 0.489 e. The van der Waals surface area contributed by atoms with Crippen LogP contribution in [0.15, 0.2) is 18.2 Å². The first kappa shape index (κ1) is 15.3.